The largest absolute Gasteiger partial charge is 0.394 e. The van der Waals surface area contributed by atoms with E-state index < -0.39 is 8.56 Å². The normalized spacial score (nSPS) is 12.9. The van der Waals surface area contributed by atoms with Crippen LogP contribution in [0.2, 0.25) is 5.04 Å². The molecule has 0 unspecified atom stereocenters. The molecule has 0 aliphatic heterocycles. The molecule has 0 spiro atoms. The van der Waals surface area contributed by atoms with E-state index in [1.54, 1.807) is 14.2 Å². The minimum Gasteiger partial charge on any atom is -0.394 e. The molecule has 0 saturated heterocycles. The van der Waals surface area contributed by atoms with E-state index in [4.69, 9.17) is 8.85 Å². The summed E-state index contributed by atoms with van der Waals surface area (Å²) in [5, 5.41) is 1.15. The van der Waals surface area contributed by atoms with Gasteiger partial charge in [-0.15, -0.1) is 0 Å². The maximum atomic E-state index is 5.78. The molecule has 2 nitrogen and oxygen atoms in total. The van der Waals surface area contributed by atoms with Crippen molar-refractivity contribution in [3.05, 3.63) is 28.7 Å². The Balaban J connectivity index is 3.26. The Kier molecular flexibility index (Phi) is 4.34. The fraction of sp³-hybridized carbons (Fsp3) is 0.500. The van der Waals surface area contributed by atoms with E-state index in [1.807, 2.05) is 12.1 Å². The zero-order valence-corrected chi connectivity index (χ0v) is 13.1. The molecule has 0 atom stereocenters. The van der Waals surface area contributed by atoms with Gasteiger partial charge in [-0.1, -0.05) is 48.8 Å². The highest BCUT2D eigenvalue weighted by Crippen LogP contribution is 2.36. The maximum Gasteiger partial charge on any atom is 0.377 e. The van der Waals surface area contributed by atoms with Gasteiger partial charge in [0.1, 0.15) is 0 Å². The lowest BCUT2D eigenvalue weighted by Crippen LogP contribution is -2.59. The van der Waals surface area contributed by atoms with E-state index in [9.17, 15) is 0 Å². The number of rotatable bonds is 3. The number of benzene rings is 1. The van der Waals surface area contributed by atoms with Crippen molar-refractivity contribution in [1.29, 1.82) is 0 Å². The lowest BCUT2D eigenvalue weighted by molar-refractivity contribution is 0.230. The second-order valence-corrected chi connectivity index (χ2v) is 9.82. The van der Waals surface area contributed by atoms with Gasteiger partial charge >= 0.3 is 8.56 Å². The summed E-state index contributed by atoms with van der Waals surface area (Å²) in [7, 11) is 1.11. The lowest BCUT2D eigenvalue weighted by Gasteiger charge is -2.38. The Morgan fingerprint density at radius 2 is 1.44 bits per heavy atom. The molecule has 0 aliphatic rings. The van der Waals surface area contributed by atoms with Crippen molar-refractivity contribution in [2.75, 3.05) is 14.2 Å². The fourth-order valence-electron chi connectivity index (χ4n) is 2.03. The van der Waals surface area contributed by atoms with E-state index in [2.05, 4.69) is 48.8 Å². The van der Waals surface area contributed by atoms with E-state index >= 15 is 0 Å². The quantitative estimate of drug-likeness (QED) is 0.798. The first-order valence-corrected chi connectivity index (χ1v) is 7.84. The third-order valence-electron chi connectivity index (χ3n) is 2.79. The lowest BCUT2D eigenvalue weighted by atomic mass is 10.2. The van der Waals surface area contributed by atoms with Gasteiger partial charge in [-0.3, -0.25) is 0 Å². The number of halogens is 1. The summed E-state index contributed by atoms with van der Waals surface area (Å²) >= 11 is 3.44. The molecule has 0 bridgehead atoms. The second-order valence-electron chi connectivity index (χ2n) is 4.78. The molecule has 1 aromatic carbocycles. The summed E-state index contributed by atoms with van der Waals surface area (Å²) in [5.74, 6) is 0. The minimum absolute atomic E-state index is 0.00959. The van der Waals surface area contributed by atoms with Gasteiger partial charge < -0.3 is 8.85 Å². The summed E-state index contributed by atoms with van der Waals surface area (Å²) in [6.45, 7) is 6.48. The van der Waals surface area contributed by atoms with E-state index in [0.717, 1.165) is 9.66 Å². The maximum absolute atomic E-state index is 5.78. The van der Waals surface area contributed by atoms with Crippen LogP contribution in [0.15, 0.2) is 28.7 Å². The molecule has 0 heterocycles. The van der Waals surface area contributed by atoms with E-state index in [1.165, 1.54) is 0 Å². The molecule has 0 aromatic heterocycles. The van der Waals surface area contributed by atoms with E-state index in [0.29, 0.717) is 0 Å². The first kappa shape index (κ1) is 13.9. The van der Waals surface area contributed by atoms with Crippen LogP contribution in [0.1, 0.15) is 20.8 Å². The van der Waals surface area contributed by atoms with Crippen LogP contribution in [0.4, 0.5) is 0 Å². The molecule has 0 fully saturated rings. The fourth-order valence-corrected chi connectivity index (χ4v) is 5.63. The van der Waals surface area contributed by atoms with Crippen molar-refractivity contribution in [3.8, 4) is 0 Å². The van der Waals surface area contributed by atoms with Crippen LogP contribution in [0.25, 0.3) is 0 Å². The van der Waals surface area contributed by atoms with Gasteiger partial charge in [-0.05, 0) is 17.3 Å². The number of hydrogen-bond donors (Lipinski definition) is 0. The van der Waals surface area contributed by atoms with Crippen molar-refractivity contribution in [2.45, 2.75) is 25.8 Å². The van der Waals surface area contributed by atoms with Crippen molar-refractivity contribution >= 4 is 29.7 Å². The molecule has 90 valence electrons. The Bertz CT molecular complexity index is 339. The molecule has 0 amide bonds. The highest BCUT2D eigenvalue weighted by molar-refractivity contribution is 9.10. The predicted octanol–water partition coefficient (Wildman–Crippen LogP) is 3.19. The van der Waals surface area contributed by atoms with Crippen LogP contribution >= 0.6 is 15.9 Å². The van der Waals surface area contributed by atoms with Gasteiger partial charge in [0.25, 0.3) is 0 Å². The van der Waals surface area contributed by atoms with Crippen LogP contribution < -0.4 is 5.19 Å². The monoisotopic (exact) mass is 302 g/mol. The first-order chi connectivity index (χ1) is 7.37. The molecule has 1 rings (SSSR count). The highest BCUT2D eigenvalue weighted by Gasteiger charge is 2.49. The predicted molar refractivity (Wildman–Crippen MR) is 73.3 cm³/mol. The van der Waals surface area contributed by atoms with Gasteiger partial charge in [0.2, 0.25) is 0 Å². The van der Waals surface area contributed by atoms with Crippen molar-refractivity contribution in [2.24, 2.45) is 0 Å². The molecule has 0 aliphatic carbocycles. The van der Waals surface area contributed by atoms with Gasteiger partial charge in [0, 0.05) is 23.7 Å². The molecular weight excluding hydrogens is 284 g/mol. The van der Waals surface area contributed by atoms with Crippen LogP contribution in [-0.4, -0.2) is 22.8 Å². The molecule has 4 heteroatoms. The molecule has 0 N–H and O–H groups in total. The van der Waals surface area contributed by atoms with Gasteiger partial charge in [0.15, 0.2) is 0 Å². The molecule has 0 radical (unpaired) electrons. The van der Waals surface area contributed by atoms with Gasteiger partial charge in [-0.2, -0.15) is 0 Å². The zero-order chi connectivity index (χ0) is 12.4. The Labute approximate surface area is 107 Å². The third kappa shape index (κ3) is 2.40. The van der Waals surface area contributed by atoms with Gasteiger partial charge in [-0.25, -0.2) is 0 Å². The Hall–Kier alpha value is -0.163. The van der Waals surface area contributed by atoms with Crippen LogP contribution in [-0.2, 0) is 8.85 Å². The third-order valence-corrected chi connectivity index (χ3v) is 7.53. The Morgan fingerprint density at radius 3 is 1.75 bits per heavy atom. The first-order valence-electron chi connectivity index (χ1n) is 5.24. The average molecular weight is 303 g/mol. The van der Waals surface area contributed by atoms with E-state index in [-0.39, 0.29) is 5.04 Å². The minimum atomic E-state index is -2.36. The smallest absolute Gasteiger partial charge is 0.377 e. The molecule has 0 saturated carbocycles. The standard InChI is InChI=1S/C12H19BrO2Si/c1-12(2,3)16(14-4,15-5)11-8-6-10(13)7-9-11/h6-9H,1-5H3. The van der Waals surface area contributed by atoms with Crippen LogP contribution in [0, 0.1) is 0 Å². The summed E-state index contributed by atoms with van der Waals surface area (Å²) in [5.41, 5.74) is 0. The van der Waals surface area contributed by atoms with Crippen LogP contribution in [0.3, 0.4) is 0 Å². The summed E-state index contributed by atoms with van der Waals surface area (Å²) in [6.07, 6.45) is 0. The van der Waals surface area contributed by atoms with Gasteiger partial charge in [0.05, 0.1) is 0 Å². The molecule has 1 aromatic rings. The molecular formula is C12H19BrO2Si. The topological polar surface area (TPSA) is 18.5 Å². The second kappa shape index (κ2) is 5.00. The van der Waals surface area contributed by atoms with Crippen molar-refractivity contribution < 1.29 is 8.85 Å². The SMILES string of the molecule is CO[Si](OC)(c1ccc(Br)cc1)C(C)(C)C. The Morgan fingerprint density at radius 1 is 1.00 bits per heavy atom. The summed E-state index contributed by atoms with van der Waals surface area (Å²) in [4.78, 5) is 0. The van der Waals surface area contributed by atoms with Crippen LogP contribution in [0.5, 0.6) is 0 Å². The number of hydrogen-bond acceptors (Lipinski definition) is 2. The zero-order valence-electron chi connectivity index (χ0n) is 10.5. The molecule has 16 heavy (non-hydrogen) atoms. The summed E-state index contributed by atoms with van der Waals surface area (Å²) < 4.78 is 12.6. The van der Waals surface area contributed by atoms with Crippen molar-refractivity contribution in [3.63, 3.8) is 0 Å². The summed E-state index contributed by atoms with van der Waals surface area (Å²) in [6, 6.07) is 8.21. The highest BCUT2D eigenvalue weighted by atomic mass is 79.9. The van der Waals surface area contributed by atoms with Crippen molar-refractivity contribution in [1.82, 2.24) is 0 Å². The average Bonchev–Trinajstić information content (AvgIpc) is 2.21.